The van der Waals surface area contributed by atoms with Crippen molar-refractivity contribution >= 4 is 23.7 Å². The summed E-state index contributed by atoms with van der Waals surface area (Å²) in [6.45, 7) is 4.12. The van der Waals surface area contributed by atoms with Crippen molar-refractivity contribution < 1.29 is 14.3 Å². The molecule has 1 atom stereocenters. The van der Waals surface area contributed by atoms with E-state index >= 15 is 0 Å². The maximum absolute atomic E-state index is 11.7. The van der Waals surface area contributed by atoms with Gasteiger partial charge in [0.15, 0.2) is 0 Å². The molecule has 2 fully saturated rings. The van der Waals surface area contributed by atoms with Gasteiger partial charge >= 0.3 is 11.9 Å². The van der Waals surface area contributed by atoms with Gasteiger partial charge in [0.25, 0.3) is 0 Å². The molecule has 0 aromatic rings. The zero-order valence-corrected chi connectivity index (χ0v) is 9.28. The van der Waals surface area contributed by atoms with Crippen molar-refractivity contribution in [2.75, 3.05) is 11.5 Å². The highest BCUT2D eigenvalue weighted by atomic mass is 32.2. The maximum Gasteiger partial charge on any atom is 0.321 e. The van der Waals surface area contributed by atoms with Gasteiger partial charge in [0.1, 0.15) is 0 Å². The van der Waals surface area contributed by atoms with Crippen LogP contribution in [0.3, 0.4) is 0 Å². The number of cyclic esters (lactones) is 2. The van der Waals surface area contributed by atoms with Crippen LogP contribution in [0.15, 0.2) is 0 Å². The lowest BCUT2D eigenvalue weighted by atomic mass is 9.64. The molecule has 4 heteroatoms. The molecule has 14 heavy (non-hydrogen) atoms. The third kappa shape index (κ3) is 1.20. The van der Waals surface area contributed by atoms with E-state index in [0.29, 0.717) is 0 Å². The number of hydrogen-bond donors (Lipinski definition) is 0. The van der Waals surface area contributed by atoms with Gasteiger partial charge in [-0.25, -0.2) is 0 Å². The smallest absolute Gasteiger partial charge is 0.321 e. The second-order valence-corrected chi connectivity index (χ2v) is 5.81. The first-order chi connectivity index (χ1) is 6.48. The molecule has 0 aromatic heterocycles. The Hall–Kier alpha value is -0.510. The summed E-state index contributed by atoms with van der Waals surface area (Å²) in [7, 11) is 0. The molecule has 0 amide bonds. The molecule has 2 aliphatic heterocycles. The number of thioether (sulfide) groups is 1. The zero-order chi connectivity index (χ0) is 10.4. The number of rotatable bonds is 0. The van der Waals surface area contributed by atoms with Crippen LogP contribution in [-0.2, 0) is 14.3 Å². The van der Waals surface area contributed by atoms with Crippen molar-refractivity contribution in [3.05, 3.63) is 0 Å². The van der Waals surface area contributed by atoms with Crippen LogP contribution in [0.25, 0.3) is 0 Å². The molecule has 0 bridgehead atoms. The monoisotopic (exact) mass is 214 g/mol. The standard InChI is InChI=1S/C10H14O3S/c1-9(2)3-4-14-6-10(9)5-7(11)13-8(10)12/h3-6H2,1-2H3. The average molecular weight is 214 g/mol. The Labute approximate surface area is 87.6 Å². The summed E-state index contributed by atoms with van der Waals surface area (Å²) in [5.41, 5.74) is -0.658. The van der Waals surface area contributed by atoms with Crippen molar-refractivity contribution in [3.63, 3.8) is 0 Å². The first-order valence-electron chi connectivity index (χ1n) is 4.81. The van der Waals surface area contributed by atoms with Crippen LogP contribution in [-0.4, -0.2) is 23.4 Å². The molecule has 78 valence electrons. The number of carbonyl (C=O) groups is 2. The summed E-state index contributed by atoms with van der Waals surface area (Å²) in [5.74, 6) is 1.13. The first kappa shape index (κ1) is 10.0. The van der Waals surface area contributed by atoms with Crippen molar-refractivity contribution in [1.82, 2.24) is 0 Å². The van der Waals surface area contributed by atoms with E-state index < -0.39 is 5.41 Å². The largest absolute Gasteiger partial charge is 0.393 e. The number of ether oxygens (including phenoxy) is 1. The summed E-state index contributed by atoms with van der Waals surface area (Å²) < 4.78 is 4.70. The normalized spacial score (nSPS) is 36.1. The summed E-state index contributed by atoms with van der Waals surface area (Å²) in [6.07, 6.45) is 1.24. The Bertz CT molecular complexity index is 298. The molecule has 0 saturated carbocycles. The summed E-state index contributed by atoms with van der Waals surface area (Å²) >= 11 is 1.75. The fourth-order valence-electron chi connectivity index (χ4n) is 2.19. The number of esters is 2. The lowest BCUT2D eigenvalue weighted by Gasteiger charge is -2.43. The SMILES string of the molecule is CC1(C)CCSCC12CC(=O)OC2=O. The van der Waals surface area contributed by atoms with E-state index in [2.05, 4.69) is 13.8 Å². The number of carbonyl (C=O) groups excluding carboxylic acids is 2. The predicted molar refractivity (Wildman–Crippen MR) is 53.9 cm³/mol. The van der Waals surface area contributed by atoms with Crippen LogP contribution in [0.2, 0.25) is 0 Å². The van der Waals surface area contributed by atoms with Crippen molar-refractivity contribution in [2.45, 2.75) is 26.7 Å². The van der Waals surface area contributed by atoms with Gasteiger partial charge < -0.3 is 4.74 Å². The van der Waals surface area contributed by atoms with Gasteiger partial charge in [0, 0.05) is 5.75 Å². The predicted octanol–water partition coefficient (Wildman–Crippen LogP) is 1.61. The molecule has 0 aliphatic carbocycles. The Morgan fingerprint density at radius 1 is 1.36 bits per heavy atom. The third-order valence-electron chi connectivity index (χ3n) is 3.56. The van der Waals surface area contributed by atoms with Crippen molar-refractivity contribution in [3.8, 4) is 0 Å². The van der Waals surface area contributed by atoms with Gasteiger partial charge in [-0.3, -0.25) is 9.59 Å². The maximum atomic E-state index is 11.7. The number of hydrogen-bond acceptors (Lipinski definition) is 4. The van der Waals surface area contributed by atoms with E-state index in [1.165, 1.54) is 0 Å². The minimum atomic E-state index is -0.549. The van der Waals surface area contributed by atoms with Gasteiger partial charge in [0.05, 0.1) is 11.8 Å². The molecule has 2 heterocycles. The molecule has 3 nitrogen and oxygen atoms in total. The summed E-state index contributed by atoms with van der Waals surface area (Å²) in [6, 6.07) is 0. The van der Waals surface area contributed by atoms with Gasteiger partial charge in [-0.1, -0.05) is 13.8 Å². The average Bonchev–Trinajstić information content (AvgIpc) is 2.35. The van der Waals surface area contributed by atoms with Crippen LogP contribution >= 0.6 is 11.8 Å². The van der Waals surface area contributed by atoms with Gasteiger partial charge in [0.2, 0.25) is 0 Å². The lowest BCUT2D eigenvalue weighted by molar-refractivity contribution is -0.157. The van der Waals surface area contributed by atoms with Crippen LogP contribution in [0, 0.1) is 10.8 Å². The Kier molecular flexibility index (Phi) is 2.14. The van der Waals surface area contributed by atoms with Crippen LogP contribution in [0.1, 0.15) is 26.7 Å². The quantitative estimate of drug-likeness (QED) is 0.454. The molecule has 2 saturated heterocycles. The fraction of sp³-hybridized carbons (Fsp3) is 0.800. The fourth-order valence-corrected chi connectivity index (χ4v) is 3.95. The molecule has 2 rings (SSSR count). The highest BCUT2D eigenvalue weighted by Gasteiger charge is 2.59. The lowest BCUT2D eigenvalue weighted by Crippen LogP contribution is -2.46. The molecule has 1 spiro atoms. The second-order valence-electron chi connectivity index (χ2n) is 4.71. The molecular formula is C10H14O3S. The second kappa shape index (κ2) is 2.99. The third-order valence-corrected chi connectivity index (χ3v) is 4.75. The highest BCUT2D eigenvalue weighted by Crippen LogP contribution is 2.54. The van der Waals surface area contributed by atoms with Crippen LogP contribution in [0.4, 0.5) is 0 Å². The minimum Gasteiger partial charge on any atom is -0.393 e. The molecule has 0 radical (unpaired) electrons. The zero-order valence-electron chi connectivity index (χ0n) is 8.46. The van der Waals surface area contributed by atoms with E-state index in [4.69, 9.17) is 4.74 Å². The van der Waals surface area contributed by atoms with E-state index in [1.807, 2.05) is 0 Å². The van der Waals surface area contributed by atoms with E-state index in [-0.39, 0.29) is 23.8 Å². The first-order valence-corrected chi connectivity index (χ1v) is 5.96. The van der Waals surface area contributed by atoms with E-state index in [1.54, 1.807) is 11.8 Å². The molecule has 0 N–H and O–H groups in total. The van der Waals surface area contributed by atoms with Crippen molar-refractivity contribution in [2.24, 2.45) is 10.8 Å². The minimum absolute atomic E-state index is 0.110. The molecular weight excluding hydrogens is 200 g/mol. The molecule has 1 unspecified atom stereocenters. The Balaban J connectivity index is 2.37. The summed E-state index contributed by atoms with van der Waals surface area (Å²) in [4.78, 5) is 22.9. The molecule has 2 aliphatic rings. The Morgan fingerprint density at radius 3 is 2.57 bits per heavy atom. The van der Waals surface area contributed by atoms with Gasteiger partial charge in [-0.15, -0.1) is 0 Å². The topological polar surface area (TPSA) is 43.4 Å². The van der Waals surface area contributed by atoms with Crippen LogP contribution < -0.4 is 0 Å². The summed E-state index contributed by atoms with van der Waals surface area (Å²) in [5, 5.41) is 0. The molecule has 0 aromatic carbocycles. The van der Waals surface area contributed by atoms with Crippen LogP contribution in [0.5, 0.6) is 0 Å². The highest BCUT2D eigenvalue weighted by molar-refractivity contribution is 7.99. The van der Waals surface area contributed by atoms with Gasteiger partial charge in [-0.2, -0.15) is 11.8 Å². The van der Waals surface area contributed by atoms with E-state index in [9.17, 15) is 9.59 Å². The Morgan fingerprint density at radius 2 is 2.07 bits per heavy atom. The van der Waals surface area contributed by atoms with Gasteiger partial charge in [-0.05, 0) is 17.6 Å². The van der Waals surface area contributed by atoms with E-state index in [0.717, 1.165) is 17.9 Å². The van der Waals surface area contributed by atoms with Crippen molar-refractivity contribution in [1.29, 1.82) is 0 Å².